The van der Waals surface area contributed by atoms with Crippen molar-refractivity contribution in [2.45, 2.75) is 61.8 Å². The van der Waals surface area contributed by atoms with Gasteiger partial charge in [-0.1, -0.05) is 0 Å². The van der Waals surface area contributed by atoms with Crippen LogP contribution in [-0.4, -0.2) is 58.1 Å². The standard InChI is InChI=1S/C27H30N4O5S/c1-35-19-6-7-21-20(12-19)16(10-11-28-21)2-4-18-5-8-22(23(36-18)13-26(33)34)29-14-17-3-9-24-27(30-17)31-25(32)15-37-24/h3,6-7,9-12,18,22-23,29H,2,4-5,8,13-15H2,1H3,(H,33,34)(H,30,31,32)/t18-,22-,23-/m1/s1. The van der Waals surface area contributed by atoms with Gasteiger partial charge in [0.1, 0.15) is 11.6 Å². The molecular weight excluding hydrogens is 492 g/mol. The number of nitrogens with one attached hydrogen (secondary N) is 2. The van der Waals surface area contributed by atoms with Gasteiger partial charge in [-0.25, -0.2) is 4.98 Å². The van der Waals surface area contributed by atoms with E-state index in [1.165, 1.54) is 17.3 Å². The molecule has 0 bridgehead atoms. The van der Waals surface area contributed by atoms with Crippen molar-refractivity contribution in [1.29, 1.82) is 0 Å². The van der Waals surface area contributed by atoms with Crippen molar-refractivity contribution in [2.24, 2.45) is 0 Å². The second kappa shape index (κ2) is 11.5. The van der Waals surface area contributed by atoms with Crippen molar-refractivity contribution in [2.75, 3.05) is 18.2 Å². The van der Waals surface area contributed by atoms with Crippen LogP contribution in [0.2, 0.25) is 0 Å². The number of anilines is 1. The molecule has 2 aliphatic heterocycles. The van der Waals surface area contributed by atoms with Crippen molar-refractivity contribution in [1.82, 2.24) is 15.3 Å². The molecule has 0 spiro atoms. The fourth-order valence-corrected chi connectivity index (χ4v) is 5.71. The van der Waals surface area contributed by atoms with Gasteiger partial charge in [-0.2, -0.15) is 0 Å². The van der Waals surface area contributed by atoms with Crippen molar-refractivity contribution >= 4 is 40.4 Å². The number of methoxy groups -OCH3 is 1. The second-order valence-electron chi connectivity index (χ2n) is 9.34. The molecule has 2 aliphatic rings. The Morgan fingerprint density at radius 1 is 1.27 bits per heavy atom. The lowest BCUT2D eigenvalue weighted by Gasteiger charge is -2.36. The first-order valence-electron chi connectivity index (χ1n) is 12.4. The lowest BCUT2D eigenvalue weighted by atomic mass is 9.93. The molecule has 0 radical (unpaired) electrons. The summed E-state index contributed by atoms with van der Waals surface area (Å²) >= 11 is 1.47. The number of carboxylic acid groups (broad SMARTS) is 1. The fraction of sp³-hybridized carbons (Fsp3) is 0.407. The average Bonchev–Trinajstić information content (AvgIpc) is 2.90. The Morgan fingerprint density at radius 2 is 2.16 bits per heavy atom. The van der Waals surface area contributed by atoms with E-state index >= 15 is 0 Å². The molecule has 2 aromatic heterocycles. The topological polar surface area (TPSA) is 123 Å². The number of hydrogen-bond acceptors (Lipinski definition) is 8. The number of rotatable bonds is 9. The van der Waals surface area contributed by atoms with Crippen molar-refractivity contribution < 1.29 is 24.2 Å². The summed E-state index contributed by atoms with van der Waals surface area (Å²) in [4.78, 5) is 33.2. The molecule has 0 saturated carbocycles. The minimum atomic E-state index is -0.878. The molecule has 5 rings (SSSR count). The zero-order valence-electron chi connectivity index (χ0n) is 20.6. The first kappa shape index (κ1) is 25.4. The number of pyridine rings is 2. The number of carboxylic acids is 1. The summed E-state index contributed by atoms with van der Waals surface area (Å²) in [5.41, 5.74) is 2.88. The van der Waals surface area contributed by atoms with Gasteiger partial charge >= 0.3 is 5.97 Å². The highest BCUT2D eigenvalue weighted by Gasteiger charge is 2.32. The Hall–Kier alpha value is -3.21. The van der Waals surface area contributed by atoms with Crippen LogP contribution in [-0.2, 0) is 27.3 Å². The molecule has 3 N–H and O–H groups in total. The van der Waals surface area contributed by atoms with Gasteiger partial charge in [0.05, 0.1) is 47.6 Å². The molecule has 1 aromatic carbocycles. The van der Waals surface area contributed by atoms with Crippen LogP contribution < -0.4 is 15.4 Å². The SMILES string of the molecule is COc1ccc2nccc(CC[C@@H]3CC[C@@H](NCc4ccc5c(n4)NC(=O)CS5)[C@@H](CC(=O)O)O3)c2c1. The van der Waals surface area contributed by atoms with E-state index in [1.807, 2.05) is 42.6 Å². The summed E-state index contributed by atoms with van der Waals surface area (Å²) in [6, 6.07) is 11.7. The number of benzene rings is 1. The number of carbonyl (C=O) groups is 2. The largest absolute Gasteiger partial charge is 0.497 e. The fourth-order valence-electron chi connectivity index (χ4n) is 4.95. The number of hydrogen-bond donors (Lipinski definition) is 3. The molecule has 3 aromatic rings. The van der Waals surface area contributed by atoms with E-state index in [0.29, 0.717) is 18.1 Å². The minimum Gasteiger partial charge on any atom is -0.497 e. The van der Waals surface area contributed by atoms with Crippen LogP contribution in [0.5, 0.6) is 5.75 Å². The van der Waals surface area contributed by atoms with Crippen LogP contribution in [0.25, 0.3) is 10.9 Å². The van der Waals surface area contributed by atoms with Gasteiger partial charge in [0, 0.05) is 24.2 Å². The molecular formula is C27H30N4O5S. The summed E-state index contributed by atoms with van der Waals surface area (Å²) in [6.07, 6.45) is 4.55. The summed E-state index contributed by atoms with van der Waals surface area (Å²) in [6.45, 7) is 0.466. The van der Waals surface area contributed by atoms with E-state index in [0.717, 1.165) is 52.9 Å². The van der Waals surface area contributed by atoms with Crippen LogP contribution in [0.4, 0.5) is 5.82 Å². The number of carbonyl (C=O) groups excluding carboxylic acids is 1. The first-order chi connectivity index (χ1) is 18.0. The summed E-state index contributed by atoms with van der Waals surface area (Å²) in [5.74, 6) is 0.845. The van der Waals surface area contributed by atoms with E-state index in [9.17, 15) is 14.7 Å². The van der Waals surface area contributed by atoms with Crippen molar-refractivity contribution in [3.63, 3.8) is 0 Å². The quantitative estimate of drug-likeness (QED) is 0.385. The molecule has 1 amide bonds. The second-order valence-corrected chi connectivity index (χ2v) is 10.4. The Bertz CT molecular complexity index is 1300. The van der Waals surface area contributed by atoms with Crippen molar-refractivity contribution in [3.8, 4) is 5.75 Å². The van der Waals surface area contributed by atoms with E-state index in [-0.39, 0.29) is 24.5 Å². The molecule has 9 nitrogen and oxygen atoms in total. The van der Waals surface area contributed by atoms with Gasteiger partial charge in [-0.15, -0.1) is 11.8 Å². The number of nitrogens with zero attached hydrogens (tertiary/aromatic N) is 2. The molecule has 4 heterocycles. The van der Waals surface area contributed by atoms with Crippen LogP contribution in [0.3, 0.4) is 0 Å². The summed E-state index contributed by atoms with van der Waals surface area (Å²) < 4.78 is 11.7. The third kappa shape index (κ3) is 6.20. The minimum absolute atomic E-state index is 0.0228. The van der Waals surface area contributed by atoms with Gasteiger partial charge in [-0.05, 0) is 67.6 Å². The van der Waals surface area contributed by atoms with Gasteiger partial charge in [0.2, 0.25) is 5.91 Å². The lowest BCUT2D eigenvalue weighted by Crippen LogP contribution is -2.48. The molecule has 10 heteroatoms. The molecule has 194 valence electrons. The molecule has 1 fully saturated rings. The van der Waals surface area contributed by atoms with E-state index in [2.05, 4.69) is 20.6 Å². The van der Waals surface area contributed by atoms with Crippen molar-refractivity contribution in [3.05, 3.63) is 53.9 Å². The van der Waals surface area contributed by atoms with E-state index < -0.39 is 12.1 Å². The maximum Gasteiger partial charge on any atom is 0.306 e. The Morgan fingerprint density at radius 3 is 3.00 bits per heavy atom. The van der Waals surface area contributed by atoms with Crippen LogP contribution in [0.1, 0.15) is 36.9 Å². The average molecular weight is 523 g/mol. The predicted molar refractivity (Wildman–Crippen MR) is 141 cm³/mol. The van der Waals surface area contributed by atoms with Gasteiger partial charge in [-0.3, -0.25) is 14.6 Å². The number of fused-ring (bicyclic) bond motifs is 2. The zero-order valence-corrected chi connectivity index (χ0v) is 21.4. The number of aromatic nitrogens is 2. The molecule has 0 unspecified atom stereocenters. The van der Waals surface area contributed by atoms with Gasteiger partial charge in [0.15, 0.2) is 0 Å². The highest BCUT2D eigenvalue weighted by molar-refractivity contribution is 8.00. The van der Waals surface area contributed by atoms with Gasteiger partial charge < -0.3 is 25.2 Å². The molecule has 37 heavy (non-hydrogen) atoms. The van der Waals surface area contributed by atoms with Crippen LogP contribution >= 0.6 is 11.8 Å². The Kier molecular flexibility index (Phi) is 7.87. The molecule has 1 saturated heterocycles. The number of ether oxygens (including phenoxy) is 2. The third-order valence-corrected chi connectivity index (χ3v) is 7.89. The van der Waals surface area contributed by atoms with Crippen LogP contribution in [0.15, 0.2) is 47.5 Å². The van der Waals surface area contributed by atoms with E-state index in [4.69, 9.17) is 9.47 Å². The highest BCUT2D eigenvalue weighted by atomic mass is 32.2. The number of aliphatic carboxylic acids is 1. The zero-order chi connectivity index (χ0) is 25.8. The number of thioether (sulfide) groups is 1. The lowest BCUT2D eigenvalue weighted by molar-refractivity contribution is -0.145. The smallest absolute Gasteiger partial charge is 0.306 e. The third-order valence-electron chi connectivity index (χ3n) is 6.84. The molecule has 3 atom stereocenters. The number of aryl methyl sites for hydroxylation is 1. The first-order valence-corrected chi connectivity index (χ1v) is 13.4. The maximum absolute atomic E-state index is 11.7. The summed E-state index contributed by atoms with van der Waals surface area (Å²) in [5, 5.41) is 16.8. The van der Waals surface area contributed by atoms with Crippen LogP contribution in [0, 0.1) is 0 Å². The normalized spacial score (nSPS) is 21.3. The monoisotopic (exact) mass is 522 g/mol. The van der Waals surface area contributed by atoms with E-state index in [1.54, 1.807) is 7.11 Å². The maximum atomic E-state index is 11.7. The highest BCUT2D eigenvalue weighted by Crippen LogP contribution is 2.31. The Labute approximate surface area is 219 Å². The number of amides is 1. The molecule has 0 aliphatic carbocycles. The summed E-state index contributed by atoms with van der Waals surface area (Å²) in [7, 11) is 1.65. The predicted octanol–water partition coefficient (Wildman–Crippen LogP) is 3.80. The van der Waals surface area contributed by atoms with Gasteiger partial charge in [0.25, 0.3) is 0 Å². The Balaban J connectivity index is 1.21.